The minimum Gasteiger partial charge on any atom is -0.353 e. The summed E-state index contributed by atoms with van der Waals surface area (Å²) in [5.74, 6) is 1.11. The molecule has 1 aliphatic rings. The van der Waals surface area contributed by atoms with E-state index in [0.29, 0.717) is 49.1 Å². The summed E-state index contributed by atoms with van der Waals surface area (Å²) in [5, 5.41) is 14.4. The molecule has 0 unspecified atom stereocenters. The number of carbonyl (C=O) groups is 2. The van der Waals surface area contributed by atoms with Crippen molar-refractivity contribution in [3.8, 4) is 0 Å². The molecule has 1 aliphatic heterocycles. The second-order valence-corrected chi connectivity index (χ2v) is 9.40. The first-order valence-corrected chi connectivity index (χ1v) is 11.4. The monoisotopic (exact) mass is 436 g/mol. The van der Waals surface area contributed by atoms with Gasteiger partial charge in [0.2, 0.25) is 5.91 Å². The largest absolute Gasteiger partial charge is 0.353 e. The van der Waals surface area contributed by atoms with E-state index in [1.54, 1.807) is 17.0 Å². The molecule has 0 spiro atoms. The molecular weight excluding hydrogens is 404 g/mol. The van der Waals surface area contributed by atoms with Gasteiger partial charge in [0.05, 0.1) is 16.4 Å². The molecule has 0 radical (unpaired) electrons. The normalized spacial score (nSPS) is 14.9. The molecule has 1 N–H and O–H groups in total. The standard InChI is InChI=1S/C21H32N4O4S/c1-15(2)7-12-30-19-6-5-17(13-18(19)25(28)29)21(27)24-10-8-23(9-11-24)14-20(26)22-16(3)4/h5-6,13,15-16H,7-12,14H2,1-4H3,(H,22,26). The Bertz CT molecular complexity index is 761. The Morgan fingerprint density at radius 1 is 1.17 bits per heavy atom. The molecule has 0 atom stereocenters. The number of amides is 2. The highest BCUT2D eigenvalue weighted by molar-refractivity contribution is 7.99. The van der Waals surface area contributed by atoms with Crippen molar-refractivity contribution < 1.29 is 14.5 Å². The van der Waals surface area contributed by atoms with E-state index in [1.807, 2.05) is 18.7 Å². The van der Waals surface area contributed by atoms with Crippen LogP contribution in [0.3, 0.4) is 0 Å². The molecule has 1 aromatic carbocycles. The maximum atomic E-state index is 12.9. The van der Waals surface area contributed by atoms with E-state index in [4.69, 9.17) is 0 Å². The predicted octanol–water partition coefficient (Wildman–Crippen LogP) is 3.02. The third-order valence-electron chi connectivity index (χ3n) is 4.83. The first-order valence-electron chi connectivity index (χ1n) is 10.4. The zero-order valence-corrected chi connectivity index (χ0v) is 19.0. The maximum absolute atomic E-state index is 12.9. The van der Waals surface area contributed by atoms with E-state index in [0.717, 1.165) is 12.2 Å². The van der Waals surface area contributed by atoms with E-state index < -0.39 is 4.92 Å². The first kappa shape index (κ1) is 24.1. The van der Waals surface area contributed by atoms with Crippen LogP contribution in [0.4, 0.5) is 5.69 Å². The highest BCUT2D eigenvalue weighted by atomic mass is 32.2. The molecule has 9 heteroatoms. The summed E-state index contributed by atoms with van der Waals surface area (Å²) in [4.78, 5) is 40.2. The van der Waals surface area contributed by atoms with Crippen LogP contribution in [-0.2, 0) is 4.79 Å². The fourth-order valence-electron chi connectivity index (χ4n) is 3.18. The molecule has 166 valence electrons. The summed E-state index contributed by atoms with van der Waals surface area (Å²) in [5.41, 5.74) is 0.319. The van der Waals surface area contributed by atoms with Gasteiger partial charge in [-0.2, -0.15) is 0 Å². The number of piperazine rings is 1. The van der Waals surface area contributed by atoms with E-state index in [1.165, 1.54) is 17.8 Å². The topological polar surface area (TPSA) is 95.8 Å². The van der Waals surface area contributed by atoms with Gasteiger partial charge in [-0.25, -0.2) is 0 Å². The lowest BCUT2D eigenvalue weighted by molar-refractivity contribution is -0.387. The van der Waals surface area contributed by atoms with Crippen LogP contribution in [0.1, 0.15) is 44.5 Å². The van der Waals surface area contributed by atoms with Gasteiger partial charge in [0.25, 0.3) is 11.6 Å². The molecule has 0 aromatic heterocycles. The number of nitrogens with one attached hydrogen (secondary N) is 1. The molecule has 1 fully saturated rings. The minimum atomic E-state index is -0.417. The molecule has 8 nitrogen and oxygen atoms in total. The Morgan fingerprint density at radius 3 is 2.40 bits per heavy atom. The van der Waals surface area contributed by atoms with E-state index >= 15 is 0 Å². The molecule has 0 aliphatic carbocycles. The van der Waals surface area contributed by atoms with Crippen LogP contribution < -0.4 is 5.32 Å². The van der Waals surface area contributed by atoms with Crippen molar-refractivity contribution in [1.82, 2.24) is 15.1 Å². The van der Waals surface area contributed by atoms with Crippen LogP contribution in [-0.4, -0.2) is 71.1 Å². The highest BCUT2D eigenvalue weighted by Gasteiger charge is 2.25. The van der Waals surface area contributed by atoms with Gasteiger partial charge in [-0.05, 0) is 44.1 Å². The fourth-order valence-corrected chi connectivity index (χ4v) is 4.44. The van der Waals surface area contributed by atoms with Gasteiger partial charge >= 0.3 is 0 Å². The smallest absolute Gasteiger partial charge is 0.283 e. The average molecular weight is 437 g/mol. The number of rotatable bonds is 9. The second-order valence-electron chi connectivity index (χ2n) is 8.26. The van der Waals surface area contributed by atoms with E-state index in [-0.39, 0.29) is 23.5 Å². The molecule has 1 heterocycles. The van der Waals surface area contributed by atoms with Crippen molar-refractivity contribution >= 4 is 29.3 Å². The van der Waals surface area contributed by atoms with Crippen LogP contribution >= 0.6 is 11.8 Å². The lowest BCUT2D eigenvalue weighted by Crippen LogP contribution is -2.51. The van der Waals surface area contributed by atoms with E-state index in [9.17, 15) is 19.7 Å². The molecule has 0 bridgehead atoms. The number of nitro groups is 1. The molecule has 1 aromatic rings. The molecule has 2 amide bonds. The van der Waals surface area contributed by atoms with Crippen LogP contribution in [0.5, 0.6) is 0 Å². The lowest BCUT2D eigenvalue weighted by atomic mass is 10.1. The average Bonchev–Trinajstić information content (AvgIpc) is 2.67. The summed E-state index contributed by atoms with van der Waals surface area (Å²) in [6.07, 6.45) is 0.974. The molecule has 0 saturated carbocycles. The Labute approximate surface area is 182 Å². The number of thioether (sulfide) groups is 1. The van der Waals surface area contributed by atoms with Gasteiger partial charge in [0, 0.05) is 43.9 Å². The maximum Gasteiger partial charge on any atom is 0.283 e. The summed E-state index contributed by atoms with van der Waals surface area (Å²) in [6.45, 7) is 10.6. The summed E-state index contributed by atoms with van der Waals surface area (Å²) in [6, 6.07) is 4.85. The lowest BCUT2D eigenvalue weighted by Gasteiger charge is -2.34. The summed E-state index contributed by atoms with van der Waals surface area (Å²) in [7, 11) is 0. The number of hydrogen-bond donors (Lipinski definition) is 1. The quantitative estimate of drug-likeness (QED) is 0.363. The Balaban J connectivity index is 1.97. The molecule has 2 rings (SSSR count). The third-order valence-corrected chi connectivity index (χ3v) is 5.93. The van der Waals surface area contributed by atoms with Crippen LogP contribution in [0.25, 0.3) is 0 Å². The number of benzene rings is 1. The Kier molecular flexibility index (Phi) is 9.10. The van der Waals surface area contributed by atoms with Gasteiger partial charge in [0.1, 0.15) is 0 Å². The Morgan fingerprint density at radius 2 is 1.83 bits per heavy atom. The zero-order chi connectivity index (χ0) is 22.3. The van der Waals surface area contributed by atoms with Crippen LogP contribution in [0, 0.1) is 16.0 Å². The van der Waals surface area contributed by atoms with Crippen molar-refractivity contribution in [3.63, 3.8) is 0 Å². The number of carbonyl (C=O) groups excluding carboxylic acids is 2. The molecule has 1 saturated heterocycles. The number of hydrogen-bond acceptors (Lipinski definition) is 6. The van der Waals surface area contributed by atoms with Crippen molar-refractivity contribution in [2.45, 2.75) is 45.1 Å². The first-order chi connectivity index (χ1) is 14.2. The minimum absolute atomic E-state index is 0.0152. The second kappa shape index (κ2) is 11.3. The highest BCUT2D eigenvalue weighted by Crippen LogP contribution is 2.31. The fraction of sp³-hybridized carbons (Fsp3) is 0.619. The third kappa shape index (κ3) is 7.28. The molecular formula is C21H32N4O4S. The van der Waals surface area contributed by atoms with Gasteiger partial charge in [-0.1, -0.05) is 13.8 Å². The van der Waals surface area contributed by atoms with Gasteiger partial charge in [0.15, 0.2) is 0 Å². The van der Waals surface area contributed by atoms with Crippen molar-refractivity contribution in [3.05, 3.63) is 33.9 Å². The summed E-state index contributed by atoms with van der Waals surface area (Å²) >= 11 is 1.46. The SMILES string of the molecule is CC(C)CCSc1ccc(C(=O)N2CCN(CC(=O)NC(C)C)CC2)cc1[N+](=O)[O-]. The van der Waals surface area contributed by atoms with Crippen molar-refractivity contribution in [2.75, 3.05) is 38.5 Å². The zero-order valence-electron chi connectivity index (χ0n) is 18.2. The van der Waals surface area contributed by atoms with Crippen LogP contribution in [0.2, 0.25) is 0 Å². The van der Waals surface area contributed by atoms with Crippen molar-refractivity contribution in [2.24, 2.45) is 5.92 Å². The van der Waals surface area contributed by atoms with Gasteiger partial charge in [-0.15, -0.1) is 11.8 Å². The van der Waals surface area contributed by atoms with Gasteiger partial charge in [-0.3, -0.25) is 24.6 Å². The number of nitrogens with zero attached hydrogens (tertiary/aromatic N) is 3. The predicted molar refractivity (Wildman–Crippen MR) is 119 cm³/mol. The summed E-state index contributed by atoms with van der Waals surface area (Å²) < 4.78 is 0. The van der Waals surface area contributed by atoms with Crippen LogP contribution in [0.15, 0.2) is 23.1 Å². The van der Waals surface area contributed by atoms with Gasteiger partial charge < -0.3 is 10.2 Å². The van der Waals surface area contributed by atoms with Crippen molar-refractivity contribution in [1.29, 1.82) is 0 Å². The Hall–Kier alpha value is -2.13. The number of nitro benzene ring substituents is 1. The van der Waals surface area contributed by atoms with E-state index in [2.05, 4.69) is 19.2 Å². The molecule has 30 heavy (non-hydrogen) atoms.